The van der Waals surface area contributed by atoms with Crippen LogP contribution in [0.3, 0.4) is 0 Å². The zero-order valence-corrected chi connectivity index (χ0v) is 17.0. The Kier molecular flexibility index (Phi) is 6.19. The number of amides is 2. The number of nitrogens with zero attached hydrogens (tertiary/aromatic N) is 1. The predicted molar refractivity (Wildman–Crippen MR) is 109 cm³/mol. The first-order valence-electron chi connectivity index (χ1n) is 9.15. The molecule has 2 N–H and O–H groups in total. The summed E-state index contributed by atoms with van der Waals surface area (Å²) in [6, 6.07) is 12.3. The lowest BCUT2D eigenvalue weighted by Gasteiger charge is -2.23. The Labute approximate surface area is 169 Å². The lowest BCUT2D eigenvalue weighted by atomic mass is 10.2. The van der Waals surface area contributed by atoms with Gasteiger partial charge in [-0.25, -0.2) is 13.2 Å². The second kappa shape index (κ2) is 8.62. The molecule has 0 saturated carbocycles. The highest BCUT2D eigenvalue weighted by Gasteiger charge is 2.39. The summed E-state index contributed by atoms with van der Waals surface area (Å²) in [4.78, 5) is 24.2. The van der Waals surface area contributed by atoms with Gasteiger partial charge in [-0.15, -0.1) is 0 Å². The van der Waals surface area contributed by atoms with E-state index < -0.39 is 22.2 Å². The highest BCUT2D eigenvalue weighted by Crippen LogP contribution is 2.27. The maximum Gasteiger partial charge on any atom is 0.411 e. The third kappa shape index (κ3) is 4.75. The monoisotopic (exact) mass is 417 g/mol. The molecular formula is C20H23N3O5S. The highest BCUT2D eigenvalue weighted by molar-refractivity contribution is 7.89. The van der Waals surface area contributed by atoms with E-state index in [0.717, 1.165) is 5.56 Å². The molecule has 0 aliphatic carbocycles. The van der Waals surface area contributed by atoms with Crippen molar-refractivity contribution in [3.8, 4) is 0 Å². The van der Waals surface area contributed by atoms with Crippen molar-refractivity contribution >= 4 is 33.4 Å². The summed E-state index contributed by atoms with van der Waals surface area (Å²) >= 11 is 0. The molecular weight excluding hydrogens is 394 g/mol. The van der Waals surface area contributed by atoms with Gasteiger partial charge in [0.1, 0.15) is 6.04 Å². The van der Waals surface area contributed by atoms with Crippen LogP contribution in [0.15, 0.2) is 53.4 Å². The van der Waals surface area contributed by atoms with Crippen LogP contribution in [0.5, 0.6) is 0 Å². The summed E-state index contributed by atoms with van der Waals surface area (Å²) in [5.41, 5.74) is 1.98. The minimum Gasteiger partial charge on any atom is -0.453 e. The Morgan fingerprint density at radius 1 is 1.00 bits per heavy atom. The number of rotatable bonds is 5. The zero-order chi connectivity index (χ0) is 21.0. The molecule has 1 aliphatic heterocycles. The van der Waals surface area contributed by atoms with Gasteiger partial charge in [0, 0.05) is 17.9 Å². The maximum atomic E-state index is 13.0. The number of ether oxygens (including phenoxy) is 1. The fourth-order valence-electron chi connectivity index (χ4n) is 3.17. The molecule has 1 saturated heterocycles. The average molecular weight is 417 g/mol. The van der Waals surface area contributed by atoms with E-state index in [-0.39, 0.29) is 10.8 Å². The van der Waals surface area contributed by atoms with Crippen molar-refractivity contribution in [2.24, 2.45) is 0 Å². The summed E-state index contributed by atoms with van der Waals surface area (Å²) in [6.45, 7) is 2.19. The summed E-state index contributed by atoms with van der Waals surface area (Å²) in [5, 5.41) is 5.27. The number of anilines is 2. The minimum atomic E-state index is -3.75. The Morgan fingerprint density at radius 2 is 1.59 bits per heavy atom. The molecule has 2 amide bonds. The number of hydrogen-bond donors (Lipinski definition) is 2. The number of hydrogen-bond acceptors (Lipinski definition) is 5. The molecule has 0 radical (unpaired) electrons. The molecule has 1 atom stereocenters. The van der Waals surface area contributed by atoms with Crippen molar-refractivity contribution in [3.63, 3.8) is 0 Å². The Balaban J connectivity index is 1.71. The molecule has 9 heteroatoms. The molecule has 0 aromatic heterocycles. The quantitative estimate of drug-likeness (QED) is 0.778. The molecule has 1 aliphatic rings. The third-order valence-electron chi connectivity index (χ3n) is 4.72. The number of nitrogens with one attached hydrogen (secondary N) is 2. The van der Waals surface area contributed by atoms with Crippen LogP contribution in [0.4, 0.5) is 16.2 Å². The normalized spacial score (nSPS) is 17.0. The topological polar surface area (TPSA) is 105 Å². The van der Waals surface area contributed by atoms with E-state index in [9.17, 15) is 18.0 Å². The molecule has 0 bridgehead atoms. The van der Waals surface area contributed by atoms with Crippen LogP contribution in [0.25, 0.3) is 0 Å². The molecule has 29 heavy (non-hydrogen) atoms. The Hall–Kier alpha value is -2.91. The SMILES string of the molecule is COC(=O)Nc1ccc(NC(=O)[C@@H]2CCCN2S(=O)(=O)c2ccc(C)cc2)cc1. The molecule has 2 aromatic rings. The molecule has 1 heterocycles. The molecule has 2 aromatic carbocycles. The van der Waals surface area contributed by atoms with Gasteiger partial charge in [-0.05, 0) is 56.2 Å². The molecule has 3 rings (SSSR count). The van der Waals surface area contributed by atoms with Crippen molar-refractivity contribution in [1.29, 1.82) is 0 Å². The van der Waals surface area contributed by atoms with Crippen LogP contribution in [0.1, 0.15) is 18.4 Å². The van der Waals surface area contributed by atoms with Gasteiger partial charge in [0.2, 0.25) is 15.9 Å². The van der Waals surface area contributed by atoms with Gasteiger partial charge in [-0.2, -0.15) is 4.31 Å². The second-order valence-corrected chi connectivity index (χ2v) is 8.66. The van der Waals surface area contributed by atoms with Gasteiger partial charge >= 0.3 is 6.09 Å². The number of methoxy groups -OCH3 is 1. The van der Waals surface area contributed by atoms with Crippen molar-refractivity contribution < 1.29 is 22.7 Å². The first kappa shape index (κ1) is 20.8. The van der Waals surface area contributed by atoms with E-state index in [1.54, 1.807) is 48.5 Å². The van der Waals surface area contributed by atoms with E-state index in [0.29, 0.717) is 30.8 Å². The van der Waals surface area contributed by atoms with Crippen LogP contribution < -0.4 is 10.6 Å². The van der Waals surface area contributed by atoms with Gasteiger partial charge in [0.25, 0.3) is 0 Å². The van der Waals surface area contributed by atoms with Gasteiger partial charge < -0.3 is 10.1 Å². The first-order chi connectivity index (χ1) is 13.8. The minimum absolute atomic E-state index is 0.182. The lowest BCUT2D eigenvalue weighted by molar-refractivity contribution is -0.119. The Bertz CT molecular complexity index is 988. The number of carbonyl (C=O) groups is 2. The van der Waals surface area contributed by atoms with Gasteiger partial charge in [0.05, 0.1) is 12.0 Å². The van der Waals surface area contributed by atoms with Crippen LogP contribution >= 0.6 is 0 Å². The van der Waals surface area contributed by atoms with Crippen LogP contribution in [0, 0.1) is 6.92 Å². The smallest absolute Gasteiger partial charge is 0.411 e. The number of benzene rings is 2. The fourth-order valence-corrected chi connectivity index (χ4v) is 4.82. The van der Waals surface area contributed by atoms with E-state index >= 15 is 0 Å². The molecule has 0 unspecified atom stereocenters. The standard InChI is InChI=1S/C20H23N3O5S/c1-14-5-11-17(12-6-14)29(26,27)23-13-3-4-18(23)19(24)21-15-7-9-16(10-8-15)22-20(25)28-2/h5-12,18H,3-4,13H2,1-2H3,(H,21,24)(H,22,25)/t18-/m0/s1. The third-order valence-corrected chi connectivity index (χ3v) is 6.64. The van der Waals surface area contributed by atoms with Crippen LogP contribution in [0.2, 0.25) is 0 Å². The van der Waals surface area contributed by atoms with Crippen LogP contribution in [-0.2, 0) is 19.6 Å². The lowest BCUT2D eigenvalue weighted by Crippen LogP contribution is -2.43. The van der Waals surface area contributed by atoms with Crippen molar-refractivity contribution in [2.45, 2.75) is 30.7 Å². The highest BCUT2D eigenvalue weighted by atomic mass is 32.2. The maximum absolute atomic E-state index is 13.0. The first-order valence-corrected chi connectivity index (χ1v) is 10.6. The summed E-state index contributed by atoms with van der Waals surface area (Å²) in [5.74, 6) is -0.383. The van der Waals surface area contributed by atoms with E-state index in [1.807, 2.05) is 6.92 Å². The molecule has 8 nitrogen and oxygen atoms in total. The molecule has 154 valence electrons. The van der Waals surface area contributed by atoms with Crippen molar-refractivity contribution in [3.05, 3.63) is 54.1 Å². The van der Waals surface area contributed by atoms with Gasteiger partial charge in [-0.1, -0.05) is 17.7 Å². The number of carbonyl (C=O) groups excluding carboxylic acids is 2. The van der Waals surface area contributed by atoms with Gasteiger partial charge in [0.15, 0.2) is 0 Å². The van der Waals surface area contributed by atoms with Gasteiger partial charge in [-0.3, -0.25) is 10.1 Å². The number of aryl methyl sites for hydroxylation is 1. The summed E-state index contributed by atoms with van der Waals surface area (Å²) in [7, 11) is -2.49. The summed E-state index contributed by atoms with van der Waals surface area (Å²) in [6.07, 6.45) is 0.481. The predicted octanol–water partition coefficient (Wildman–Crippen LogP) is 2.97. The largest absolute Gasteiger partial charge is 0.453 e. The Morgan fingerprint density at radius 3 is 2.17 bits per heavy atom. The second-order valence-electron chi connectivity index (χ2n) is 6.77. The van der Waals surface area contributed by atoms with Crippen molar-refractivity contribution in [1.82, 2.24) is 4.31 Å². The van der Waals surface area contributed by atoms with Crippen molar-refractivity contribution in [2.75, 3.05) is 24.3 Å². The zero-order valence-electron chi connectivity index (χ0n) is 16.2. The average Bonchev–Trinajstić information content (AvgIpc) is 3.21. The van der Waals surface area contributed by atoms with Crippen LogP contribution in [-0.4, -0.2) is 44.4 Å². The molecule has 0 spiro atoms. The van der Waals surface area contributed by atoms with E-state index in [4.69, 9.17) is 0 Å². The van der Waals surface area contributed by atoms with E-state index in [1.165, 1.54) is 11.4 Å². The fraction of sp³-hybridized carbons (Fsp3) is 0.300. The van der Waals surface area contributed by atoms with E-state index in [2.05, 4.69) is 15.4 Å². The summed E-state index contributed by atoms with van der Waals surface area (Å²) < 4.78 is 31.8. The molecule has 1 fully saturated rings. The number of sulfonamides is 1.